The van der Waals surface area contributed by atoms with E-state index in [4.69, 9.17) is 0 Å². The molecule has 0 aromatic heterocycles. The smallest absolute Gasteiger partial charge is 0.0894 e. The Kier molecular flexibility index (Phi) is 21.1. The first-order chi connectivity index (χ1) is 16.9. The second-order valence-corrected chi connectivity index (χ2v) is 11.8. The van der Waals surface area contributed by atoms with E-state index < -0.39 is 0 Å². The number of alkyl halides is 1. The normalized spacial score (nSPS) is 39.8. The molecule has 4 saturated carbocycles. The highest BCUT2D eigenvalue weighted by Gasteiger charge is 2.61. The Labute approximate surface area is 230 Å². The van der Waals surface area contributed by atoms with Crippen molar-refractivity contribution in [2.75, 3.05) is 6.67 Å². The molecule has 36 heavy (non-hydrogen) atoms. The molecule has 0 saturated heterocycles. The Morgan fingerprint density at radius 3 is 1.83 bits per heavy atom. The van der Waals surface area contributed by atoms with Gasteiger partial charge in [-0.1, -0.05) is 110 Å². The van der Waals surface area contributed by atoms with E-state index in [-0.39, 0.29) is 14.1 Å². The van der Waals surface area contributed by atoms with Crippen LogP contribution in [0.25, 0.3) is 0 Å². The van der Waals surface area contributed by atoms with Crippen LogP contribution in [0.4, 0.5) is 4.39 Å². The molecule has 0 aliphatic heterocycles. The fourth-order valence-corrected chi connectivity index (χ4v) is 9.20. The maximum absolute atomic E-state index is 12.9. The van der Waals surface area contributed by atoms with Gasteiger partial charge in [0.25, 0.3) is 0 Å². The fraction of sp³-hybridized carbons (Fsp3) is 1.00. The van der Waals surface area contributed by atoms with Gasteiger partial charge in [0.2, 0.25) is 0 Å². The molecular weight excluding hydrogens is 439 g/mol. The average Bonchev–Trinajstić information content (AvgIpc) is 3.10. The quantitative estimate of drug-likeness (QED) is 0.351. The number of hydrogen-bond donors (Lipinski definition) is 0. The van der Waals surface area contributed by atoms with E-state index in [1.165, 1.54) is 57.8 Å². The van der Waals surface area contributed by atoms with Crippen LogP contribution in [0.1, 0.15) is 161 Å². The van der Waals surface area contributed by atoms with E-state index in [0.717, 1.165) is 66.1 Å². The van der Waals surface area contributed by atoms with Crippen molar-refractivity contribution in [2.24, 2.45) is 58.7 Å². The van der Waals surface area contributed by atoms with Gasteiger partial charge in [-0.2, -0.15) is 0 Å². The average molecular weight is 513 g/mol. The van der Waals surface area contributed by atoms with E-state index in [1.807, 2.05) is 41.5 Å². The lowest BCUT2D eigenvalue weighted by molar-refractivity contribution is -0.0779. The van der Waals surface area contributed by atoms with Gasteiger partial charge < -0.3 is 0 Å². The first kappa shape index (κ1) is 38.1. The summed E-state index contributed by atoms with van der Waals surface area (Å²) >= 11 is 0. The fourth-order valence-electron chi connectivity index (χ4n) is 9.20. The predicted molar refractivity (Wildman–Crippen MR) is 165 cm³/mol. The van der Waals surface area contributed by atoms with Crippen LogP contribution in [0.5, 0.6) is 0 Å². The Morgan fingerprint density at radius 2 is 1.31 bits per heavy atom. The van der Waals surface area contributed by atoms with Crippen molar-refractivity contribution in [3.05, 3.63) is 0 Å². The van der Waals surface area contributed by atoms with Gasteiger partial charge in [0.1, 0.15) is 0 Å². The van der Waals surface area contributed by atoms with Crippen molar-refractivity contribution in [1.29, 1.82) is 0 Å². The summed E-state index contributed by atoms with van der Waals surface area (Å²) in [6.45, 7) is 26.2. The summed E-state index contributed by atoms with van der Waals surface area (Å²) < 4.78 is 12.9. The summed E-state index contributed by atoms with van der Waals surface area (Å²) in [6.07, 6.45) is 15.1. The minimum Gasteiger partial charge on any atom is -0.251 e. The molecule has 0 spiro atoms. The molecule has 0 N–H and O–H groups in total. The zero-order chi connectivity index (χ0) is 27.2. The third-order valence-electron chi connectivity index (χ3n) is 10.5. The zero-order valence-corrected chi connectivity index (χ0v) is 26.6. The molecule has 0 aromatic rings. The summed E-state index contributed by atoms with van der Waals surface area (Å²) in [4.78, 5) is 0. The first-order valence-electron chi connectivity index (χ1n) is 16.5. The summed E-state index contributed by atoms with van der Waals surface area (Å²) in [7, 11) is 0. The molecule has 1 heteroatoms. The zero-order valence-electron chi connectivity index (χ0n) is 26.6. The molecule has 4 aliphatic carbocycles. The van der Waals surface area contributed by atoms with Gasteiger partial charge in [0, 0.05) is 0 Å². The highest BCUT2D eigenvalue weighted by molar-refractivity contribution is 5.09. The van der Waals surface area contributed by atoms with E-state index in [2.05, 4.69) is 41.5 Å². The largest absolute Gasteiger partial charge is 0.251 e. The van der Waals surface area contributed by atoms with E-state index in [1.54, 1.807) is 0 Å². The molecule has 10 unspecified atom stereocenters. The molecular formula is C35H73F. The van der Waals surface area contributed by atoms with Gasteiger partial charge in [-0.15, -0.1) is 0 Å². The van der Waals surface area contributed by atoms with Gasteiger partial charge in [-0.05, 0) is 110 Å². The summed E-state index contributed by atoms with van der Waals surface area (Å²) in [6, 6.07) is 0. The molecule has 0 nitrogen and oxygen atoms in total. The molecule has 0 aromatic carbocycles. The molecule has 4 rings (SSSR count). The monoisotopic (exact) mass is 513 g/mol. The van der Waals surface area contributed by atoms with Gasteiger partial charge in [0.05, 0.1) is 6.67 Å². The molecule has 4 fully saturated rings. The van der Waals surface area contributed by atoms with Crippen molar-refractivity contribution >= 4 is 0 Å². The topological polar surface area (TPSA) is 0 Å². The van der Waals surface area contributed by atoms with Gasteiger partial charge in [-0.25, -0.2) is 0 Å². The van der Waals surface area contributed by atoms with Crippen molar-refractivity contribution in [1.82, 2.24) is 0 Å². The summed E-state index contributed by atoms with van der Waals surface area (Å²) in [5, 5.41) is 0. The summed E-state index contributed by atoms with van der Waals surface area (Å²) in [5.41, 5.74) is 0.503. The molecule has 10 atom stereocenters. The second-order valence-electron chi connectivity index (χ2n) is 11.8. The van der Waals surface area contributed by atoms with E-state index in [9.17, 15) is 4.39 Å². The van der Waals surface area contributed by atoms with Crippen LogP contribution in [0.2, 0.25) is 0 Å². The van der Waals surface area contributed by atoms with E-state index >= 15 is 0 Å². The standard InChI is InChI=1S/C25H43F.C3H8.3C2H6.CH4/c1-5-18-8-10-20-19(15-18)9-11-22-21(20)12-13-25(4)23(7-6-14-26)16(2)17(3)24(22)25;1-3-2;3*1-2;/h16-24H,5-15H2,1-4H3;3H2,1-2H3;3*1-2H3;1H4. The number of halogens is 1. The molecule has 4 aliphatic rings. The maximum Gasteiger partial charge on any atom is 0.0894 e. The lowest BCUT2D eigenvalue weighted by Gasteiger charge is -2.57. The van der Waals surface area contributed by atoms with Crippen molar-refractivity contribution in [3.8, 4) is 0 Å². The molecule has 0 bridgehead atoms. The van der Waals surface area contributed by atoms with Crippen LogP contribution in [0.15, 0.2) is 0 Å². The number of rotatable bonds is 4. The van der Waals surface area contributed by atoms with Gasteiger partial charge in [0.15, 0.2) is 0 Å². The van der Waals surface area contributed by atoms with Crippen LogP contribution in [0.3, 0.4) is 0 Å². The number of hydrogen-bond acceptors (Lipinski definition) is 0. The summed E-state index contributed by atoms with van der Waals surface area (Å²) in [5.74, 6) is 8.48. The van der Waals surface area contributed by atoms with Crippen LogP contribution >= 0.6 is 0 Å². The van der Waals surface area contributed by atoms with E-state index in [0.29, 0.717) is 5.41 Å². The Bertz CT molecular complexity index is 501. The first-order valence-corrected chi connectivity index (χ1v) is 16.5. The third kappa shape index (κ3) is 8.46. The number of fused-ring (bicyclic) bond motifs is 5. The molecule has 0 amide bonds. The highest BCUT2D eigenvalue weighted by Crippen LogP contribution is 2.68. The lowest BCUT2D eigenvalue weighted by Crippen LogP contribution is -2.49. The minimum atomic E-state index is -0.118. The maximum atomic E-state index is 12.9. The molecule has 0 heterocycles. The van der Waals surface area contributed by atoms with Gasteiger partial charge in [-0.3, -0.25) is 4.39 Å². The Morgan fingerprint density at radius 1 is 0.750 bits per heavy atom. The Hall–Kier alpha value is -0.0700. The minimum absolute atomic E-state index is 0. The lowest BCUT2D eigenvalue weighted by atomic mass is 9.48. The van der Waals surface area contributed by atoms with Crippen LogP contribution in [-0.4, -0.2) is 6.67 Å². The molecule has 0 radical (unpaired) electrons. The highest BCUT2D eigenvalue weighted by atomic mass is 19.1. The second kappa shape index (κ2) is 19.9. The van der Waals surface area contributed by atoms with Gasteiger partial charge >= 0.3 is 0 Å². The molecule has 220 valence electrons. The third-order valence-corrected chi connectivity index (χ3v) is 10.5. The van der Waals surface area contributed by atoms with Crippen molar-refractivity contribution in [3.63, 3.8) is 0 Å². The Balaban J connectivity index is 0. The predicted octanol–water partition coefficient (Wildman–Crippen LogP) is 12.7. The van der Waals surface area contributed by atoms with Crippen molar-refractivity contribution < 1.29 is 4.39 Å². The van der Waals surface area contributed by atoms with Crippen LogP contribution in [0, 0.1) is 58.7 Å². The SMILES string of the molecule is C.CC.CC.CC.CCC.CCC1CCC2C(CCC3C2CCC2(C)C(CCCF)C(C)C(C)C32)C1. The van der Waals surface area contributed by atoms with Crippen LogP contribution < -0.4 is 0 Å². The van der Waals surface area contributed by atoms with Crippen molar-refractivity contribution in [2.45, 2.75) is 161 Å². The van der Waals surface area contributed by atoms with Crippen LogP contribution in [-0.2, 0) is 0 Å².